The van der Waals surface area contributed by atoms with Gasteiger partial charge in [-0.05, 0) is 25.5 Å². The lowest BCUT2D eigenvalue weighted by Crippen LogP contribution is -2.29. The highest BCUT2D eigenvalue weighted by molar-refractivity contribution is 7.89. The first-order chi connectivity index (χ1) is 13.5. The largest absolute Gasteiger partial charge is 0.497 e. The summed E-state index contributed by atoms with van der Waals surface area (Å²) in [6, 6.07) is 16.7. The number of rotatable bonds is 5. The van der Waals surface area contributed by atoms with Gasteiger partial charge in [0.1, 0.15) is 11.6 Å². The maximum atomic E-state index is 13.1. The molecule has 0 aliphatic carbocycles. The Morgan fingerprint density at radius 3 is 2.64 bits per heavy atom. The molecule has 1 unspecified atom stereocenters. The van der Waals surface area contributed by atoms with Gasteiger partial charge >= 0.3 is 0 Å². The summed E-state index contributed by atoms with van der Waals surface area (Å²) in [7, 11) is -2.03. The summed E-state index contributed by atoms with van der Waals surface area (Å²) in [5.41, 5.74) is 2.06. The van der Waals surface area contributed by atoms with Crippen LogP contribution in [0, 0.1) is 6.92 Å². The maximum absolute atomic E-state index is 13.1. The van der Waals surface area contributed by atoms with Crippen molar-refractivity contribution in [1.29, 1.82) is 0 Å². The lowest BCUT2D eigenvalue weighted by atomic mass is 10.2. The van der Waals surface area contributed by atoms with Crippen LogP contribution in [-0.4, -0.2) is 42.5 Å². The molecule has 3 aromatic rings. The second-order valence-electron chi connectivity index (χ2n) is 6.94. The van der Waals surface area contributed by atoms with Gasteiger partial charge in [-0.3, -0.25) is 0 Å². The molecule has 146 valence electrons. The number of aryl methyl sites for hydroxylation is 1. The minimum absolute atomic E-state index is 0.0538. The summed E-state index contributed by atoms with van der Waals surface area (Å²) in [5, 5.41) is 0. The highest BCUT2D eigenvalue weighted by atomic mass is 32.2. The van der Waals surface area contributed by atoms with Crippen LogP contribution in [0.3, 0.4) is 0 Å². The molecule has 0 spiro atoms. The Bertz CT molecular complexity index is 1080. The van der Waals surface area contributed by atoms with E-state index >= 15 is 0 Å². The van der Waals surface area contributed by atoms with E-state index in [0.29, 0.717) is 18.8 Å². The van der Waals surface area contributed by atoms with E-state index < -0.39 is 10.0 Å². The molecular formula is C21H23N3O3S. The topological polar surface area (TPSA) is 64.4 Å². The number of nitrogens with zero attached hydrogens (tertiary/aromatic N) is 3. The van der Waals surface area contributed by atoms with E-state index in [1.165, 1.54) is 7.11 Å². The molecule has 1 aliphatic heterocycles. The highest BCUT2D eigenvalue weighted by Crippen LogP contribution is 2.32. The first-order valence-corrected chi connectivity index (χ1v) is 10.7. The Balaban J connectivity index is 1.62. The van der Waals surface area contributed by atoms with Crippen LogP contribution in [0.25, 0.3) is 11.4 Å². The second-order valence-corrected chi connectivity index (χ2v) is 8.88. The van der Waals surface area contributed by atoms with Crippen molar-refractivity contribution in [2.45, 2.75) is 24.3 Å². The number of imidazole rings is 1. The molecule has 0 N–H and O–H groups in total. The monoisotopic (exact) mass is 397 g/mol. The SMILES string of the molecule is COc1cccc(S(=O)(=O)N2CCC(n3c(C)cnc3-c3ccccc3)C2)c1. The zero-order valence-corrected chi connectivity index (χ0v) is 16.8. The van der Waals surface area contributed by atoms with Gasteiger partial charge in [-0.1, -0.05) is 36.4 Å². The number of hydrogen-bond acceptors (Lipinski definition) is 4. The molecule has 1 saturated heterocycles. The maximum Gasteiger partial charge on any atom is 0.243 e. The molecular weight excluding hydrogens is 374 g/mol. The average Bonchev–Trinajstić information content (AvgIpc) is 3.35. The first-order valence-electron chi connectivity index (χ1n) is 9.24. The summed E-state index contributed by atoms with van der Waals surface area (Å²) in [6.45, 7) is 2.92. The molecule has 0 saturated carbocycles. The predicted molar refractivity (Wildman–Crippen MR) is 108 cm³/mol. The lowest BCUT2D eigenvalue weighted by Gasteiger charge is -2.20. The van der Waals surface area contributed by atoms with Crippen molar-refractivity contribution in [2.24, 2.45) is 0 Å². The number of benzene rings is 2. The number of hydrogen-bond donors (Lipinski definition) is 0. The Morgan fingerprint density at radius 1 is 1.11 bits per heavy atom. The van der Waals surface area contributed by atoms with Crippen LogP contribution in [-0.2, 0) is 10.0 Å². The van der Waals surface area contributed by atoms with Gasteiger partial charge in [0.2, 0.25) is 10.0 Å². The molecule has 1 aliphatic rings. The minimum Gasteiger partial charge on any atom is -0.497 e. The molecule has 0 amide bonds. The molecule has 0 radical (unpaired) electrons. The van der Waals surface area contributed by atoms with E-state index in [0.717, 1.165) is 23.5 Å². The van der Waals surface area contributed by atoms with Crippen LogP contribution in [0.2, 0.25) is 0 Å². The zero-order valence-electron chi connectivity index (χ0n) is 15.9. The summed E-state index contributed by atoms with van der Waals surface area (Å²) in [6.07, 6.45) is 2.60. The van der Waals surface area contributed by atoms with E-state index in [4.69, 9.17) is 4.74 Å². The average molecular weight is 398 g/mol. The van der Waals surface area contributed by atoms with Gasteiger partial charge in [0.25, 0.3) is 0 Å². The van der Waals surface area contributed by atoms with Crippen LogP contribution < -0.4 is 4.74 Å². The van der Waals surface area contributed by atoms with Crippen molar-refractivity contribution < 1.29 is 13.2 Å². The van der Waals surface area contributed by atoms with Gasteiger partial charge in [0.15, 0.2) is 0 Å². The molecule has 0 bridgehead atoms. The molecule has 1 atom stereocenters. The van der Waals surface area contributed by atoms with Crippen molar-refractivity contribution in [3.8, 4) is 17.1 Å². The Hall–Kier alpha value is -2.64. The summed E-state index contributed by atoms with van der Waals surface area (Å²) in [4.78, 5) is 4.84. The normalized spacial score (nSPS) is 17.7. The Labute approximate surface area is 165 Å². The minimum atomic E-state index is -3.57. The molecule has 6 nitrogen and oxygen atoms in total. The molecule has 7 heteroatoms. The van der Waals surface area contributed by atoms with Gasteiger partial charge in [-0.15, -0.1) is 0 Å². The fourth-order valence-electron chi connectivity index (χ4n) is 3.76. The van der Waals surface area contributed by atoms with Gasteiger partial charge in [-0.2, -0.15) is 4.31 Å². The third kappa shape index (κ3) is 3.31. The quantitative estimate of drug-likeness (QED) is 0.661. The third-order valence-corrected chi connectivity index (χ3v) is 7.05. The van der Waals surface area contributed by atoms with E-state index in [2.05, 4.69) is 9.55 Å². The van der Waals surface area contributed by atoms with Crippen molar-refractivity contribution in [2.75, 3.05) is 20.2 Å². The van der Waals surface area contributed by atoms with Crippen molar-refractivity contribution >= 4 is 10.0 Å². The molecule has 1 aromatic heterocycles. The van der Waals surface area contributed by atoms with E-state index in [1.54, 1.807) is 28.6 Å². The van der Waals surface area contributed by atoms with Gasteiger partial charge in [-0.25, -0.2) is 13.4 Å². The summed E-state index contributed by atoms with van der Waals surface area (Å²) in [5.74, 6) is 1.41. The second kappa shape index (κ2) is 7.41. The van der Waals surface area contributed by atoms with Gasteiger partial charge in [0.05, 0.1) is 18.0 Å². The standard InChI is InChI=1S/C21H23N3O3S/c1-16-14-22-21(17-7-4-3-5-8-17)24(16)18-11-12-23(15-18)28(25,26)20-10-6-9-19(13-20)27-2/h3-10,13-14,18H,11-12,15H2,1-2H3. The van der Waals surface area contributed by atoms with Crippen molar-refractivity contribution in [1.82, 2.24) is 13.9 Å². The number of methoxy groups -OCH3 is 1. The Morgan fingerprint density at radius 2 is 1.89 bits per heavy atom. The van der Waals surface area contributed by atoms with Crippen LogP contribution in [0.4, 0.5) is 0 Å². The first kappa shape index (κ1) is 18.7. The molecule has 28 heavy (non-hydrogen) atoms. The summed E-state index contributed by atoms with van der Waals surface area (Å²) < 4.78 is 35.1. The van der Waals surface area contributed by atoms with Gasteiger partial charge in [0, 0.05) is 36.6 Å². The summed E-state index contributed by atoms with van der Waals surface area (Å²) >= 11 is 0. The lowest BCUT2D eigenvalue weighted by molar-refractivity contribution is 0.412. The van der Waals surface area contributed by atoms with Crippen LogP contribution in [0.5, 0.6) is 5.75 Å². The van der Waals surface area contributed by atoms with Gasteiger partial charge < -0.3 is 9.30 Å². The third-order valence-electron chi connectivity index (χ3n) is 5.18. The fourth-order valence-corrected chi connectivity index (χ4v) is 5.29. The molecule has 2 heterocycles. The zero-order chi connectivity index (χ0) is 19.7. The highest BCUT2D eigenvalue weighted by Gasteiger charge is 2.35. The molecule has 2 aromatic carbocycles. The van der Waals surface area contributed by atoms with Crippen molar-refractivity contribution in [3.63, 3.8) is 0 Å². The van der Waals surface area contributed by atoms with Crippen LogP contribution in [0.1, 0.15) is 18.2 Å². The van der Waals surface area contributed by atoms with E-state index in [-0.39, 0.29) is 10.9 Å². The van der Waals surface area contributed by atoms with Crippen LogP contribution >= 0.6 is 0 Å². The van der Waals surface area contributed by atoms with Crippen molar-refractivity contribution in [3.05, 3.63) is 66.5 Å². The molecule has 1 fully saturated rings. The number of ether oxygens (including phenoxy) is 1. The Kier molecular flexibility index (Phi) is 4.95. The fraction of sp³-hybridized carbons (Fsp3) is 0.286. The molecule has 4 rings (SSSR count). The van der Waals surface area contributed by atoms with E-state index in [1.807, 2.05) is 43.5 Å². The van der Waals surface area contributed by atoms with Crippen LogP contribution in [0.15, 0.2) is 65.7 Å². The smallest absolute Gasteiger partial charge is 0.243 e. The number of aromatic nitrogens is 2. The predicted octanol–water partition coefficient (Wildman–Crippen LogP) is 3.50. The van der Waals surface area contributed by atoms with E-state index in [9.17, 15) is 8.42 Å². The number of sulfonamides is 1.